The van der Waals surface area contributed by atoms with Crippen molar-refractivity contribution in [2.75, 3.05) is 13.1 Å². The molecule has 6 heteroatoms. The Hall–Kier alpha value is -1.85. The lowest BCUT2D eigenvalue weighted by atomic mass is 10.2. The molecule has 2 heterocycles. The van der Waals surface area contributed by atoms with E-state index < -0.39 is 11.9 Å². The van der Waals surface area contributed by atoms with Crippen LogP contribution in [-0.2, 0) is 9.59 Å². The zero-order chi connectivity index (χ0) is 13.5. The summed E-state index contributed by atoms with van der Waals surface area (Å²) >= 11 is 0. The lowest BCUT2D eigenvalue weighted by Crippen LogP contribution is -2.35. The van der Waals surface area contributed by atoms with E-state index in [1.807, 2.05) is 0 Å². The van der Waals surface area contributed by atoms with Crippen molar-refractivity contribution >= 4 is 17.8 Å². The van der Waals surface area contributed by atoms with Crippen LogP contribution < -0.4 is 0 Å². The van der Waals surface area contributed by atoms with Crippen LogP contribution in [0.25, 0.3) is 0 Å². The van der Waals surface area contributed by atoms with E-state index in [1.54, 1.807) is 0 Å². The number of hydrogen-bond donors (Lipinski definition) is 2. The van der Waals surface area contributed by atoms with Crippen LogP contribution >= 0.6 is 0 Å². The highest BCUT2D eigenvalue weighted by Gasteiger charge is 2.26. The molecule has 2 N–H and O–H groups in total. The molecule has 1 atom stereocenters. The van der Waals surface area contributed by atoms with Crippen LogP contribution in [0.1, 0.15) is 26.2 Å². The number of nitrogens with zero attached hydrogens (tertiary/aromatic N) is 2. The lowest BCUT2D eigenvalue weighted by Gasteiger charge is -2.26. The lowest BCUT2D eigenvalue weighted by molar-refractivity contribution is -0.134. The minimum Gasteiger partial charge on any atom is -0.478 e. The summed E-state index contributed by atoms with van der Waals surface area (Å²) in [6, 6.07) is 0.763. The summed E-state index contributed by atoms with van der Waals surface area (Å²) in [5.41, 5.74) is 0. The maximum absolute atomic E-state index is 9.55. The largest absolute Gasteiger partial charge is 0.478 e. The fraction of sp³-hybridized carbons (Fsp3) is 0.583. The third-order valence-corrected chi connectivity index (χ3v) is 2.87. The molecule has 1 saturated heterocycles. The number of carboxylic acid groups (broad SMARTS) is 2. The number of hydrogen-bond acceptors (Lipinski definition) is 4. The van der Waals surface area contributed by atoms with Gasteiger partial charge in [-0.25, -0.2) is 9.59 Å². The van der Waals surface area contributed by atoms with Gasteiger partial charge in [0.15, 0.2) is 0 Å². The Bertz CT molecular complexity index is 360. The van der Waals surface area contributed by atoms with Gasteiger partial charge in [-0.15, -0.1) is 0 Å². The van der Waals surface area contributed by atoms with Gasteiger partial charge in [0.25, 0.3) is 0 Å². The summed E-state index contributed by atoms with van der Waals surface area (Å²) in [6.07, 6.45) is 4.92. The highest BCUT2D eigenvalue weighted by Crippen LogP contribution is 2.21. The molecule has 2 aliphatic heterocycles. The van der Waals surface area contributed by atoms with Crippen molar-refractivity contribution < 1.29 is 19.8 Å². The van der Waals surface area contributed by atoms with Gasteiger partial charge in [0.2, 0.25) is 0 Å². The molecule has 0 aromatic rings. The van der Waals surface area contributed by atoms with E-state index in [4.69, 9.17) is 10.2 Å². The van der Waals surface area contributed by atoms with Gasteiger partial charge in [0, 0.05) is 37.7 Å². The van der Waals surface area contributed by atoms with Crippen molar-refractivity contribution in [2.24, 2.45) is 4.99 Å². The van der Waals surface area contributed by atoms with E-state index in [-0.39, 0.29) is 0 Å². The molecule has 0 aromatic heterocycles. The number of carbonyl (C=O) groups is 2. The van der Waals surface area contributed by atoms with Gasteiger partial charge in [-0.1, -0.05) is 0 Å². The normalized spacial score (nSPS) is 21.9. The Morgan fingerprint density at radius 2 is 1.94 bits per heavy atom. The molecule has 1 unspecified atom stereocenters. The third-order valence-electron chi connectivity index (χ3n) is 2.87. The van der Waals surface area contributed by atoms with Crippen LogP contribution in [0.4, 0.5) is 0 Å². The van der Waals surface area contributed by atoms with Crippen molar-refractivity contribution in [3.8, 4) is 0 Å². The summed E-state index contributed by atoms with van der Waals surface area (Å²) in [5, 5.41) is 15.6. The quantitative estimate of drug-likeness (QED) is 0.717. The highest BCUT2D eigenvalue weighted by molar-refractivity contribution is 5.89. The second kappa shape index (κ2) is 6.78. The summed E-state index contributed by atoms with van der Waals surface area (Å²) < 4.78 is 0. The molecule has 0 spiro atoms. The predicted octanol–water partition coefficient (Wildman–Crippen LogP) is 0.985. The SMILES string of the molecule is CC1CCC2=NCCCN21.O=C(O)/C=C/C(=O)O. The second-order valence-electron chi connectivity index (χ2n) is 4.24. The van der Waals surface area contributed by atoms with Crippen LogP contribution in [0, 0.1) is 0 Å². The van der Waals surface area contributed by atoms with E-state index >= 15 is 0 Å². The average Bonchev–Trinajstić information content (AvgIpc) is 2.70. The fourth-order valence-electron chi connectivity index (χ4n) is 2.00. The number of amidine groups is 1. The van der Waals surface area contributed by atoms with E-state index in [2.05, 4.69) is 16.8 Å². The first kappa shape index (κ1) is 14.2. The van der Waals surface area contributed by atoms with Crippen LogP contribution in [0.5, 0.6) is 0 Å². The van der Waals surface area contributed by atoms with Crippen molar-refractivity contribution in [3.05, 3.63) is 12.2 Å². The molecule has 2 aliphatic rings. The molecule has 1 fully saturated rings. The van der Waals surface area contributed by atoms with Gasteiger partial charge in [-0.2, -0.15) is 0 Å². The van der Waals surface area contributed by atoms with E-state index in [1.165, 1.54) is 31.6 Å². The Balaban J connectivity index is 0.000000187. The molecule has 0 radical (unpaired) electrons. The van der Waals surface area contributed by atoms with E-state index in [9.17, 15) is 9.59 Å². The molecule has 0 amide bonds. The van der Waals surface area contributed by atoms with Crippen LogP contribution in [-0.4, -0.2) is 52.0 Å². The van der Waals surface area contributed by atoms with Gasteiger partial charge in [-0.3, -0.25) is 4.99 Å². The van der Waals surface area contributed by atoms with Gasteiger partial charge >= 0.3 is 11.9 Å². The number of aliphatic carboxylic acids is 2. The number of fused-ring (bicyclic) bond motifs is 1. The van der Waals surface area contributed by atoms with Gasteiger partial charge in [-0.05, 0) is 19.8 Å². The number of aliphatic imine (C=N–C) groups is 1. The van der Waals surface area contributed by atoms with Crippen molar-refractivity contribution in [3.63, 3.8) is 0 Å². The van der Waals surface area contributed by atoms with Crippen molar-refractivity contribution in [2.45, 2.75) is 32.2 Å². The minimum absolute atomic E-state index is 0.558. The van der Waals surface area contributed by atoms with Crippen molar-refractivity contribution in [1.82, 2.24) is 4.90 Å². The molecule has 0 aliphatic carbocycles. The summed E-state index contributed by atoms with van der Waals surface area (Å²) in [7, 11) is 0. The van der Waals surface area contributed by atoms with Crippen molar-refractivity contribution in [1.29, 1.82) is 0 Å². The van der Waals surface area contributed by atoms with Crippen LogP contribution in [0.15, 0.2) is 17.1 Å². The number of carboxylic acids is 2. The molecule has 18 heavy (non-hydrogen) atoms. The predicted molar refractivity (Wildman–Crippen MR) is 66.7 cm³/mol. The standard InChI is InChI=1S/C8H14N2.C4H4O4/c1-7-3-4-8-9-5-2-6-10(7)8;5-3(6)1-2-4(7)8/h7H,2-6H2,1H3;1-2H,(H,5,6)(H,7,8)/b;2-1+. The molecular formula is C12H18N2O4. The average molecular weight is 254 g/mol. The molecule has 0 saturated carbocycles. The Morgan fingerprint density at radius 1 is 1.33 bits per heavy atom. The first-order valence-corrected chi connectivity index (χ1v) is 5.94. The van der Waals surface area contributed by atoms with Gasteiger partial charge in [0.1, 0.15) is 0 Å². The second-order valence-corrected chi connectivity index (χ2v) is 4.24. The van der Waals surface area contributed by atoms with Crippen LogP contribution in [0.2, 0.25) is 0 Å². The Kier molecular flexibility index (Phi) is 5.35. The smallest absolute Gasteiger partial charge is 0.328 e. The summed E-state index contributed by atoms with van der Waals surface area (Å²) in [6.45, 7) is 4.62. The summed E-state index contributed by atoms with van der Waals surface area (Å²) in [4.78, 5) is 26.1. The molecular weight excluding hydrogens is 236 g/mol. The molecule has 2 rings (SSSR count). The monoisotopic (exact) mass is 254 g/mol. The van der Waals surface area contributed by atoms with Gasteiger partial charge in [0.05, 0.1) is 5.84 Å². The van der Waals surface area contributed by atoms with E-state index in [0.29, 0.717) is 12.2 Å². The fourth-order valence-corrected chi connectivity index (χ4v) is 2.00. The first-order chi connectivity index (χ1) is 8.50. The Labute approximate surface area is 106 Å². The maximum Gasteiger partial charge on any atom is 0.328 e. The van der Waals surface area contributed by atoms with Gasteiger partial charge < -0.3 is 15.1 Å². The molecule has 100 valence electrons. The zero-order valence-electron chi connectivity index (χ0n) is 10.4. The molecule has 0 aromatic carbocycles. The highest BCUT2D eigenvalue weighted by atomic mass is 16.4. The molecule has 0 bridgehead atoms. The Morgan fingerprint density at radius 3 is 2.44 bits per heavy atom. The topological polar surface area (TPSA) is 90.2 Å². The maximum atomic E-state index is 9.55. The van der Waals surface area contributed by atoms with E-state index in [0.717, 1.165) is 12.6 Å². The number of rotatable bonds is 2. The molecule has 6 nitrogen and oxygen atoms in total. The third kappa shape index (κ3) is 4.57. The first-order valence-electron chi connectivity index (χ1n) is 5.94. The summed E-state index contributed by atoms with van der Waals surface area (Å²) in [5.74, 6) is -1.14. The minimum atomic E-state index is -1.26. The van der Waals surface area contributed by atoms with Crippen LogP contribution in [0.3, 0.4) is 0 Å². The zero-order valence-corrected chi connectivity index (χ0v) is 10.4.